The Labute approximate surface area is 50.5 Å². The van der Waals surface area contributed by atoms with Crippen LogP contribution < -0.4 is 5.32 Å². The zero-order chi connectivity index (χ0) is 5.61. The zero-order valence-corrected chi connectivity index (χ0v) is 5.41. The summed E-state index contributed by atoms with van der Waals surface area (Å²) >= 11 is 0. The lowest BCUT2D eigenvalue weighted by Crippen LogP contribution is -2.52. The lowest BCUT2D eigenvalue weighted by molar-refractivity contribution is 0.161. The van der Waals surface area contributed by atoms with Gasteiger partial charge < -0.3 is 5.32 Å². The highest BCUT2D eigenvalue weighted by molar-refractivity contribution is 4.99. The third-order valence-corrected chi connectivity index (χ3v) is 2.62. The molecule has 1 nitrogen and oxygen atoms in total. The van der Waals surface area contributed by atoms with Crippen LogP contribution in [-0.4, -0.2) is 13.1 Å². The summed E-state index contributed by atoms with van der Waals surface area (Å²) in [5.74, 6) is 1.09. The Kier molecular flexibility index (Phi) is 0.762. The largest absolute Gasteiger partial charge is 0.316 e. The van der Waals surface area contributed by atoms with Gasteiger partial charge in [-0.05, 0) is 24.2 Å². The Morgan fingerprint density at radius 2 is 2.00 bits per heavy atom. The first-order chi connectivity index (χ1) is 3.81. The first-order valence-electron chi connectivity index (χ1n) is 3.52. The summed E-state index contributed by atoms with van der Waals surface area (Å²) in [6, 6.07) is 0. The van der Waals surface area contributed by atoms with Crippen LogP contribution in [0.5, 0.6) is 0 Å². The predicted molar refractivity (Wildman–Crippen MR) is 33.7 cm³/mol. The van der Waals surface area contributed by atoms with Crippen molar-refractivity contribution >= 4 is 0 Å². The van der Waals surface area contributed by atoms with Crippen LogP contribution in [0.4, 0.5) is 0 Å². The molecule has 2 fully saturated rings. The molecule has 0 aromatic heterocycles. The minimum atomic E-state index is 0.722. The Hall–Kier alpha value is -0.0400. The second kappa shape index (κ2) is 1.27. The van der Waals surface area contributed by atoms with Crippen LogP contribution in [0.15, 0.2) is 0 Å². The summed E-state index contributed by atoms with van der Waals surface area (Å²) in [6.07, 6.45) is 3.00. The van der Waals surface area contributed by atoms with E-state index < -0.39 is 0 Å². The van der Waals surface area contributed by atoms with Crippen molar-refractivity contribution in [2.24, 2.45) is 11.3 Å². The van der Waals surface area contributed by atoms with Gasteiger partial charge in [-0.25, -0.2) is 0 Å². The minimum absolute atomic E-state index is 0.722. The summed E-state index contributed by atoms with van der Waals surface area (Å²) < 4.78 is 0. The molecule has 46 valence electrons. The average molecular weight is 111 g/mol. The monoisotopic (exact) mass is 111 g/mol. The normalized spacial score (nSPS) is 34.1. The molecule has 1 aliphatic heterocycles. The standard InChI is InChI=1S/C7H13N/c1-7(4-8-5-7)6-2-3-6/h6,8H,2-5H2,1H3. The molecule has 0 aromatic carbocycles. The van der Waals surface area contributed by atoms with Crippen LogP contribution in [0.2, 0.25) is 0 Å². The summed E-state index contributed by atoms with van der Waals surface area (Å²) in [4.78, 5) is 0. The fourth-order valence-corrected chi connectivity index (χ4v) is 1.59. The number of rotatable bonds is 1. The Balaban J connectivity index is 1.99. The van der Waals surface area contributed by atoms with E-state index >= 15 is 0 Å². The molecule has 1 heterocycles. The maximum absolute atomic E-state index is 3.32. The molecule has 0 amide bonds. The van der Waals surface area contributed by atoms with E-state index in [0.29, 0.717) is 0 Å². The lowest BCUT2D eigenvalue weighted by Gasteiger charge is -2.39. The van der Waals surface area contributed by atoms with Crippen LogP contribution in [-0.2, 0) is 0 Å². The van der Waals surface area contributed by atoms with Crippen molar-refractivity contribution in [3.05, 3.63) is 0 Å². The SMILES string of the molecule is CC1(C2CC2)CNC1. The van der Waals surface area contributed by atoms with Gasteiger partial charge in [0.05, 0.1) is 0 Å². The fraction of sp³-hybridized carbons (Fsp3) is 1.00. The average Bonchev–Trinajstić information content (AvgIpc) is 2.38. The molecule has 8 heavy (non-hydrogen) atoms. The quantitative estimate of drug-likeness (QED) is 0.532. The number of hydrogen-bond acceptors (Lipinski definition) is 1. The van der Waals surface area contributed by atoms with Crippen molar-refractivity contribution in [2.75, 3.05) is 13.1 Å². The maximum atomic E-state index is 3.32. The molecular weight excluding hydrogens is 98.1 g/mol. The minimum Gasteiger partial charge on any atom is -0.316 e. The Morgan fingerprint density at radius 1 is 1.38 bits per heavy atom. The van der Waals surface area contributed by atoms with Gasteiger partial charge in [-0.15, -0.1) is 0 Å². The van der Waals surface area contributed by atoms with Gasteiger partial charge in [0.2, 0.25) is 0 Å². The Morgan fingerprint density at radius 3 is 2.12 bits per heavy atom. The van der Waals surface area contributed by atoms with Crippen molar-refractivity contribution < 1.29 is 0 Å². The molecule has 1 heteroatoms. The van der Waals surface area contributed by atoms with Crippen molar-refractivity contribution in [1.29, 1.82) is 0 Å². The highest BCUT2D eigenvalue weighted by Gasteiger charge is 2.45. The van der Waals surface area contributed by atoms with Crippen molar-refractivity contribution in [1.82, 2.24) is 5.32 Å². The van der Waals surface area contributed by atoms with E-state index in [2.05, 4.69) is 12.2 Å². The van der Waals surface area contributed by atoms with Gasteiger partial charge in [0, 0.05) is 13.1 Å². The third-order valence-electron chi connectivity index (χ3n) is 2.62. The first kappa shape index (κ1) is 4.80. The number of nitrogens with one attached hydrogen (secondary N) is 1. The van der Waals surface area contributed by atoms with Crippen LogP contribution in [0.3, 0.4) is 0 Å². The molecule has 0 aromatic rings. The van der Waals surface area contributed by atoms with Gasteiger partial charge in [0.25, 0.3) is 0 Å². The summed E-state index contributed by atoms with van der Waals surface area (Å²) in [6.45, 7) is 4.95. The molecule has 1 saturated carbocycles. The highest BCUT2D eigenvalue weighted by atomic mass is 15.0. The molecule has 2 rings (SSSR count). The van der Waals surface area contributed by atoms with Crippen molar-refractivity contribution in [2.45, 2.75) is 19.8 Å². The van der Waals surface area contributed by atoms with Gasteiger partial charge in [-0.3, -0.25) is 0 Å². The smallest absolute Gasteiger partial charge is 0.00202 e. The molecule has 0 spiro atoms. The summed E-state index contributed by atoms with van der Waals surface area (Å²) in [7, 11) is 0. The van der Waals surface area contributed by atoms with Gasteiger partial charge in [0.15, 0.2) is 0 Å². The fourth-order valence-electron chi connectivity index (χ4n) is 1.59. The third kappa shape index (κ3) is 0.510. The summed E-state index contributed by atoms with van der Waals surface area (Å²) in [5, 5.41) is 3.32. The van der Waals surface area contributed by atoms with Gasteiger partial charge in [-0.2, -0.15) is 0 Å². The van der Waals surface area contributed by atoms with Crippen LogP contribution in [0, 0.1) is 11.3 Å². The van der Waals surface area contributed by atoms with Crippen molar-refractivity contribution in [3.63, 3.8) is 0 Å². The molecule has 1 N–H and O–H groups in total. The zero-order valence-electron chi connectivity index (χ0n) is 5.41. The molecule has 0 atom stereocenters. The molecule has 0 unspecified atom stereocenters. The maximum Gasteiger partial charge on any atom is 0.00202 e. The topological polar surface area (TPSA) is 12.0 Å². The van der Waals surface area contributed by atoms with Crippen LogP contribution in [0.1, 0.15) is 19.8 Å². The van der Waals surface area contributed by atoms with Gasteiger partial charge in [-0.1, -0.05) is 6.92 Å². The molecule has 0 radical (unpaired) electrons. The van der Waals surface area contributed by atoms with E-state index in [0.717, 1.165) is 11.3 Å². The second-order valence-corrected chi connectivity index (χ2v) is 3.53. The van der Waals surface area contributed by atoms with Crippen LogP contribution in [0.25, 0.3) is 0 Å². The second-order valence-electron chi connectivity index (χ2n) is 3.53. The van der Waals surface area contributed by atoms with Crippen molar-refractivity contribution in [3.8, 4) is 0 Å². The molecule has 0 bridgehead atoms. The lowest BCUT2D eigenvalue weighted by atomic mass is 9.79. The molecule has 1 saturated heterocycles. The van der Waals surface area contributed by atoms with E-state index in [9.17, 15) is 0 Å². The van der Waals surface area contributed by atoms with E-state index in [1.54, 1.807) is 0 Å². The molecular formula is C7H13N. The summed E-state index contributed by atoms with van der Waals surface area (Å²) in [5.41, 5.74) is 0.722. The first-order valence-corrected chi connectivity index (χ1v) is 3.52. The van der Waals surface area contributed by atoms with E-state index in [1.807, 2.05) is 0 Å². The van der Waals surface area contributed by atoms with Crippen LogP contribution >= 0.6 is 0 Å². The van der Waals surface area contributed by atoms with E-state index in [4.69, 9.17) is 0 Å². The predicted octanol–water partition coefficient (Wildman–Crippen LogP) is 1.01. The van der Waals surface area contributed by atoms with Gasteiger partial charge in [0.1, 0.15) is 0 Å². The highest BCUT2D eigenvalue weighted by Crippen LogP contribution is 2.47. The number of hydrogen-bond donors (Lipinski definition) is 1. The van der Waals surface area contributed by atoms with Gasteiger partial charge >= 0.3 is 0 Å². The molecule has 1 aliphatic carbocycles. The molecule has 2 aliphatic rings. The van der Waals surface area contributed by atoms with E-state index in [-0.39, 0.29) is 0 Å². The van der Waals surface area contributed by atoms with E-state index in [1.165, 1.54) is 25.9 Å². The Bertz CT molecular complexity index is 101.